The van der Waals surface area contributed by atoms with E-state index in [4.69, 9.17) is 5.73 Å². The number of nitrogens with two attached hydrogens (primary N) is 1. The fourth-order valence-corrected chi connectivity index (χ4v) is 1.86. The van der Waals surface area contributed by atoms with Crippen molar-refractivity contribution in [2.75, 3.05) is 19.8 Å². The van der Waals surface area contributed by atoms with E-state index in [1.54, 1.807) is 4.68 Å². The van der Waals surface area contributed by atoms with Crippen LogP contribution in [0.5, 0.6) is 0 Å². The van der Waals surface area contributed by atoms with E-state index in [1.165, 1.54) is 5.56 Å². The molecule has 0 radical (unpaired) electrons. The van der Waals surface area contributed by atoms with Crippen molar-refractivity contribution < 1.29 is 0 Å². The third-order valence-corrected chi connectivity index (χ3v) is 2.70. The predicted molar refractivity (Wildman–Crippen MR) is 70.4 cm³/mol. The minimum atomic E-state index is 0.680. The van der Waals surface area contributed by atoms with Crippen LogP contribution in [0.3, 0.4) is 0 Å². The number of hydrogen-bond acceptors (Lipinski definition) is 3. The van der Waals surface area contributed by atoms with Gasteiger partial charge in [-0.15, -0.1) is 0 Å². The first kappa shape index (κ1) is 11.7. The van der Waals surface area contributed by atoms with Crippen molar-refractivity contribution in [1.29, 1.82) is 0 Å². The molecule has 1 heterocycles. The zero-order valence-corrected chi connectivity index (χ0v) is 10.5. The maximum absolute atomic E-state index is 5.82. The highest BCUT2D eigenvalue weighted by atomic mass is 15.3. The molecule has 0 aliphatic rings. The van der Waals surface area contributed by atoms with Crippen molar-refractivity contribution in [1.82, 2.24) is 14.7 Å². The van der Waals surface area contributed by atoms with E-state index in [-0.39, 0.29) is 0 Å². The van der Waals surface area contributed by atoms with Gasteiger partial charge in [0, 0.05) is 25.2 Å². The SMILES string of the molecule is CN(C)Cc1ccccc1-c1cc(N)n(C)n1. The molecule has 4 heteroatoms. The molecule has 0 spiro atoms. The molecule has 1 aromatic carbocycles. The second kappa shape index (κ2) is 4.59. The summed E-state index contributed by atoms with van der Waals surface area (Å²) in [6.07, 6.45) is 0. The standard InChI is InChI=1S/C13H18N4/c1-16(2)9-10-6-4-5-7-11(10)12-8-13(14)17(3)15-12/h4-8H,9,14H2,1-3H3. The maximum Gasteiger partial charge on any atom is 0.121 e. The molecule has 0 saturated heterocycles. The van der Waals surface area contributed by atoms with Crippen LogP contribution in [0.4, 0.5) is 5.82 Å². The van der Waals surface area contributed by atoms with Gasteiger partial charge >= 0.3 is 0 Å². The summed E-state index contributed by atoms with van der Waals surface area (Å²) in [5.74, 6) is 0.680. The second-order valence-corrected chi connectivity index (χ2v) is 4.47. The van der Waals surface area contributed by atoms with E-state index >= 15 is 0 Å². The fraction of sp³-hybridized carbons (Fsp3) is 0.308. The summed E-state index contributed by atoms with van der Waals surface area (Å²) < 4.78 is 1.70. The van der Waals surface area contributed by atoms with Gasteiger partial charge in [-0.3, -0.25) is 4.68 Å². The highest BCUT2D eigenvalue weighted by Gasteiger charge is 2.09. The number of aryl methyl sites for hydroxylation is 1. The molecule has 4 nitrogen and oxygen atoms in total. The Morgan fingerprint density at radius 1 is 1.29 bits per heavy atom. The molecule has 0 fully saturated rings. The summed E-state index contributed by atoms with van der Waals surface area (Å²) in [7, 11) is 5.97. The Bertz CT molecular complexity index is 494. The molecule has 0 amide bonds. The second-order valence-electron chi connectivity index (χ2n) is 4.47. The number of anilines is 1. The summed E-state index contributed by atoms with van der Waals surface area (Å²) in [6, 6.07) is 10.2. The van der Waals surface area contributed by atoms with E-state index in [9.17, 15) is 0 Å². The first-order chi connectivity index (χ1) is 8.08. The summed E-state index contributed by atoms with van der Waals surface area (Å²) in [4.78, 5) is 2.14. The lowest BCUT2D eigenvalue weighted by Gasteiger charge is -2.12. The van der Waals surface area contributed by atoms with Gasteiger partial charge in [-0.2, -0.15) is 5.10 Å². The number of benzene rings is 1. The highest BCUT2D eigenvalue weighted by Crippen LogP contribution is 2.24. The Morgan fingerprint density at radius 2 is 2.00 bits per heavy atom. The van der Waals surface area contributed by atoms with Crippen LogP contribution in [0.15, 0.2) is 30.3 Å². The van der Waals surface area contributed by atoms with Crippen LogP contribution in [-0.4, -0.2) is 28.8 Å². The molecule has 0 aliphatic carbocycles. The first-order valence-corrected chi connectivity index (χ1v) is 5.60. The minimum absolute atomic E-state index is 0.680. The van der Waals surface area contributed by atoms with E-state index in [1.807, 2.05) is 19.2 Å². The zero-order chi connectivity index (χ0) is 12.4. The van der Waals surface area contributed by atoms with Crippen LogP contribution in [0.1, 0.15) is 5.56 Å². The zero-order valence-electron chi connectivity index (χ0n) is 10.5. The van der Waals surface area contributed by atoms with E-state index in [0.29, 0.717) is 5.82 Å². The average molecular weight is 230 g/mol. The van der Waals surface area contributed by atoms with Gasteiger partial charge in [0.05, 0.1) is 5.69 Å². The van der Waals surface area contributed by atoms with Gasteiger partial charge in [0.1, 0.15) is 5.82 Å². The van der Waals surface area contributed by atoms with Crippen molar-refractivity contribution in [2.24, 2.45) is 7.05 Å². The molecule has 90 valence electrons. The van der Waals surface area contributed by atoms with Gasteiger partial charge in [0.15, 0.2) is 0 Å². The fourth-order valence-electron chi connectivity index (χ4n) is 1.86. The van der Waals surface area contributed by atoms with E-state index < -0.39 is 0 Å². The molecule has 0 saturated carbocycles. The lowest BCUT2D eigenvalue weighted by Crippen LogP contribution is -2.11. The number of nitrogens with zero attached hydrogens (tertiary/aromatic N) is 3. The number of rotatable bonds is 3. The summed E-state index contributed by atoms with van der Waals surface area (Å²) in [6.45, 7) is 0.895. The summed E-state index contributed by atoms with van der Waals surface area (Å²) in [5.41, 5.74) is 9.16. The highest BCUT2D eigenvalue weighted by molar-refractivity contribution is 5.66. The number of hydrogen-bond donors (Lipinski definition) is 1. The van der Waals surface area contributed by atoms with Crippen molar-refractivity contribution in [3.63, 3.8) is 0 Å². The number of nitrogen functional groups attached to an aromatic ring is 1. The van der Waals surface area contributed by atoms with Gasteiger partial charge in [0.25, 0.3) is 0 Å². The lowest BCUT2D eigenvalue weighted by atomic mass is 10.0. The summed E-state index contributed by atoms with van der Waals surface area (Å²) >= 11 is 0. The van der Waals surface area contributed by atoms with Crippen LogP contribution >= 0.6 is 0 Å². The quantitative estimate of drug-likeness (QED) is 0.873. The Morgan fingerprint density at radius 3 is 2.59 bits per heavy atom. The molecule has 0 aliphatic heterocycles. The van der Waals surface area contributed by atoms with Gasteiger partial charge in [-0.1, -0.05) is 24.3 Å². The third kappa shape index (κ3) is 2.47. The maximum atomic E-state index is 5.82. The van der Waals surface area contributed by atoms with Gasteiger partial charge < -0.3 is 10.6 Å². The molecule has 17 heavy (non-hydrogen) atoms. The topological polar surface area (TPSA) is 47.1 Å². The Labute approximate surface area is 102 Å². The molecule has 0 unspecified atom stereocenters. The van der Waals surface area contributed by atoms with Crippen LogP contribution < -0.4 is 5.73 Å². The number of aromatic nitrogens is 2. The van der Waals surface area contributed by atoms with E-state index in [0.717, 1.165) is 17.8 Å². The van der Waals surface area contributed by atoms with Crippen molar-refractivity contribution in [3.05, 3.63) is 35.9 Å². The molecule has 0 atom stereocenters. The van der Waals surface area contributed by atoms with Crippen LogP contribution in [0, 0.1) is 0 Å². The molecular weight excluding hydrogens is 212 g/mol. The summed E-state index contributed by atoms with van der Waals surface area (Å²) in [5, 5.41) is 4.42. The predicted octanol–water partition coefficient (Wildman–Crippen LogP) is 1.73. The van der Waals surface area contributed by atoms with Crippen molar-refractivity contribution >= 4 is 5.82 Å². The smallest absolute Gasteiger partial charge is 0.121 e. The third-order valence-electron chi connectivity index (χ3n) is 2.70. The van der Waals surface area contributed by atoms with Crippen LogP contribution in [0.25, 0.3) is 11.3 Å². The molecule has 2 rings (SSSR count). The Kier molecular flexibility index (Phi) is 3.15. The van der Waals surface area contributed by atoms with Crippen LogP contribution in [-0.2, 0) is 13.6 Å². The van der Waals surface area contributed by atoms with Gasteiger partial charge in [0.2, 0.25) is 0 Å². The minimum Gasteiger partial charge on any atom is -0.384 e. The molecule has 0 bridgehead atoms. The monoisotopic (exact) mass is 230 g/mol. The normalized spacial score (nSPS) is 11.1. The molecule has 1 aromatic heterocycles. The first-order valence-electron chi connectivity index (χ1n) is 5.60. The van der Waals surface area contributed by atoms with E-state index in [2.05, 4.69) is 42.3 Å². The van der Waals surface area contributed by atoms with Gasteiger partial charge in [-0.05, 0) is 19.7 Å². The van der Waals surface area contributed by atoms with Gasteiger partial charge in [-0.25, -0.2) is 0 Å². The van der Waals surface area contributed by atoms with Crippen molar-refractivity contribution in [3.8, 4) is 11.3 Å². The Hall–Kier alpha value is -1.81. The molecule has 2 N–H and O–H groups in total. The van der Waals surface area contributed by atoms with Crippen LogP contribution in [0.2, 0.25) is 0 Å². The largest absolute Gasteiger partial charge is 0.384 e. The molecular formula is C13H18N4. The lowest BCUT2D eigenvalue weighted by molar-refractivity contribution is 0.403. The average Bonchev–Trinajstić information content (AvgIpc) is 2.59. The molecule has 2 aromatic rings. The Balaban J connectivity index is 2.44. The van der Waals surface area contributed by atoms with Crippen molar-refractivity contribution in [2.45, 2.75) is 6.54 Å².